The molecule has 154 valence electrons. The molecule has 0 fully saturated rings. The Morgan fingerprint density at radius 1 is 1.14 bits per heavy atom. The van der Waals surface area contributed by atoms with Gasteiger partial charge in [0.05, 0.1) is 24.9 Å². The molecule has 0 aliphatic carbocycles. The third-order valence-corrected chi connectivity index (χ3v) is 5.64. The van der Waals surface area contributed by atoms with Gasteiger partial charge >= 0.3 is 5.97 Å². The van der Waals surface area contributed by atoms with Crippen molar-refractivity contribution in [1.82, 2.24) is 9.55 Å². The molecule has 0 amide bonds. The van der Waals surface area contributed by atoms with Crippen molar-refractivity contribution in [2.45, 2.75) is 26.8 Å². The van der Waals surface area contributed by atoms with Gasteiger partial charge in [0.25, 0.3) is 5.56 Å². The lowest BCUT2D eigenvalue weighted by atomic mass is 10.2. The third-order valence-electron chi connectivity index (χ3n) is 4.46. The number of benzene rings is 1. The van der Waals surface area contributed by atoms with Crippen molar-refractivity contribution in [3.8, 4) is 5.75 Å². The molecule has 8 heteroatoms. The monoisotopic (exact) mass is 416 g/mol. The molecule has 0 saturated carbocycles. The molecule has 0 saturated heterocycles. The standard InChI is InChI=1S/C21H24N2O5S/c1-14-5-7-16(8-6-14)27-10-4-9-23-13-22-19-17(20(23)24)15(2)18(29-19)21(25)28-12-11-26-3/h5-8,13H,4,9-12H2,1-3H3. The summed E-state index contributed by atoms with van der Waals surface area (Å²) in [6, 6.07) is 7.85. The van der Waals surface area contributed by atoms with E-state index in [4.69, 9.17) is 14.2 Å². The fourth-order valence-corrected chi connectivity index (χ4v) is 3.89. The summed E-state index contributed by atoms with van der Waals surface area (Å²) < 4.78 is 17.3. The summed E-state index contributed by atoms with van der Waals surface area (Å²) in [5.41, 5.74) is 1.63. The summed E-state index contributed by atoms with van der Waals surface area (Å²) in [5, 5.41) is 0.468. The lowest BCUT2D eigenvalue weighted by Gasteiger charge is -2.08. The Morgan fingerprint density at radius 2 is 1.90 bits per heavy atom. The molecule has 0 radical (unpaired) electrons. The predicted octanol–water partition coefficient (Wildman–Crippen LogP) is 3.35. The van der Waals surface area contributed by atoms with Crippen LogP contribution in [0.5, 0.6) is 5.75 Å². The zero-order valence-electron chi connectivity index (χ0n) is 16.8. The lowest BCUT2D eigenvalue weighted by Crippen LogP contribution is -2.21. The van der Waals surface area contributed by atoms with Gasteiger partial charge in [-0.2, -0.15) is 0 Å². The van der Waals surface area contributed by atoms with E-state index in [-0.39, 0.29) is 12.2 Å². The van der Waals surface area contributed by atoms with Crippen LogP contribution in [0.3, 0.4) is 0 Å². The smallest absolute Gasteiger partial charge is 0.348 e. The molecule has 0 bridgehead atoms. The maximum Gasteiger partial charge on any atom is 0.348 e. The van der Waals surface area contributed by atoms with Crippen LogP contribution in [-0.4, -0.2) is 42.5 Å². The van der Waals surface area contributed by atoms with E-state index in [1.807, 2.05) is 31.2 Å². The van der Waals surface area contributed by atoms with E-state index in [1.165, 1.54) is 30.3 Å². The average molecular weight is 416 g/mol. The van der Waals surface area contributed by atoms with E-state index in [0.717, 1.165) is 5.75 Å². The second-order valence-corrected chi connectivity index (χ2v) is 7.62. The molecular weight excluding hydrogens is 392 g/mol. The Morgan fingerprint density at radius 3 is 2.62 bits per heavy atom. The van der Waals surface area contributed by atoms with Crippen molar-refractivity contribution in [1.29, 1.82) is 0 Å². The van der Waals surface area contributed by atoms with Crippen LogP contribution in [0.15, 0.2) is 35.4 Å². The van der Waals surface area contributed by atoms with Crippen molar-refractivity contribution in [2.24, 2.45) is 0 Å². The van der Waals surface area contributed by atoms with E-state index >= 15 is 0 Å². The zero-order valence-corrected chi connectivity index (χ0v) is 17.6. The van der Waals surface area contributed by atoms with Gasteiger partial charge in [0.2, 0.25) is 0 Å². The molecule has 7 nitrogen and oxygen atoms in total. The van der Waals surface area contributed by atoms with Crippen molar-refractivity contribution in [3.63, 3.8) is 0 Å². The molecule has 2 aromatic heterocycles. The first kappa shape index (κ1) is 21.0. The molecule has 3 rings (SSSR count). The van der Waals surface area contributed by atoms with Gasteiger partial charge in [-0.05, 0) is 38.0 Å². The fraction of sp³-hybridized carbons (Fsp3) is 0.381. The predicted molar refractivity (Wildman–Crippen MR) is 112 cm³/mol. The van der Waals surface area contributed by atoms with Crippen LogP contribution in [0, 0.1) is 13.8 Å². The molecular formula is C21H24N2O5S. The van der Waals surface area contributed by atoms with E-state index < -0.39 is 5.97 Å². The third kappa shape index (κ3) is 5.02. The molecule has 3 aromatic rings. The van der Waals surface area contributed by atoms with Crippen LogP contribution < -0.4 is 10.3 Å². The number of esters is 1. The van der Waals surface area contributed by atoms with Gasteiger partial charge in [0.1, 0.15) is 22.1 Å². The topological polar surface area (TPSA) is 79.7 Å². The summed E-state index contributed by atoms with van der Waals surface area (Å²) >= 11 is 1.18. The highest BCUT2D eigenvalue weighted by atomic mass is 32.1. The minimum absolute atomic E-state index is 0.157. The van der Waals surface area contributed by atoms with Gasteiger partial charge in [-0.25, -0.2) is 9.78 Å². The Kier molecular flexibility index (Phi) is 7.00. The van der Waals surface area contributed by atoms with Crippen LogP contribution in [0.1, 0.15) is 27.2 Å². The molecule has 2 heterocycles. The first-order valence-corrected chi connectivity index (χ1v) is 10.2. The van der Waals surface area contributed by atoms with E-state index in [1.54, 1.807) is 11.5 Å². The van der Waals surface area contributed by atoms with Crippen LogP contribution >= 0.6 is 11.3 Å². The number of rotatable bonds is 9. The quantitative estimate of drug-likeness (QED) is 0.393. The Hall–Kier alpha value is -2.71. The summed E-state index contributed by atoms with van der Waals surface area (Å²) in [6.07, 6.45) is 2.18. The zero-order chi connectivity index (χ0) is 20.8. The number of hydrogen-bond donors (Lipinski definition) is 0. The van der Waals surface area contributed by atoms with Gasteiger partial charge in [-0.3, -0.25) is 9.36 Å². The highest BCUT2D eigenvalue weighted by Crippen LogP contribution is 2.27. The van der Waals surface area contributed by atoms with E-state index in [0.29, 0.717) is 46.8 Å². The highest BCUT2D eigenvalue weighted by Gasteiger charge is 2.20. The molecule has 0 N–H and O–H groups in total. The van der Waals surface area contributed by atoms with Gasteiger partial charge in [0, 0.05) is 13.7 Å². The number of nitrogens with zero attached hydrogens (tertiary/aromatic N) is 2. The second kappa shape index (κ2) is 9.67. The largest absolute Gasteiger partial charge is 0.494 e. The summed E-state index contributed by atoms with van der Waals surface area (Å²) in [4.78, 5) is 30.4. The number of methoxy groups -OCH3 is 1. The molecule has 29 heavy (non-hydrogen) atoms. The first-order chi connectivity index (χ1) is 14.0. The Labute approximate surface area is 172 Å². The van der Waals surface area contributed by atoms with Crippen LogP contribution in [-0.2, 0) is 16.0 Å². The normalized spacial score (nSPS) is 11.0. The second-order valence-electron chi connectivity index (χ2n) is 6.62. The number of ether oxygens (including phenoxy) is 3. The minimum Gasteiger partial charge on any atom is -0.494 e. The first-order valence-electron chi connectivity index (χ1n) is 9.35. The van der Waals surface area contributed by atoms with Crippen molar-refractivity contribution in [2.75, 3.05) is 26.9 Å². The van der Waals surface area contributed by atoms with Crippen molar-refractivity contribution in [3.05, 3.63) is 57.0 Å². The molecule has 1 aromatic carbocycles. The number of carbonyl (C=O) groups excluding carboxylic acids is 1. The van der Waals surface area contributed by atoms with Gasteiger partial charge < -0.3 is 14.2 Å². The average Bonchev–Trinajstić information content (AvgIpc) is 3.05. The highest BCUT2D eigenvalue weighted by molar-refractivity contribution is 7.20. The molecule has 0 aliphatic rings. The number of carbonyl (C=O) groups is 1. The van der Waals surface area contributed by atoms with Gasteiger partial charge in [-0.15, -0.1) is 11.3 Å². The van der Waals surface area contributed by atoms with Crippen LogP contribution in [0.2, 0.25) is 0 Å². The summed E-state index contributed by atoms with van der Waals surface area (Å²) in [7, 11) is 1.54. The number of hydrogen-bond acceptors (Lipinski definition) is 7. The van der Waals surface area contributed by atoms with E-state index in [2.05, 4.69) is 4.98 Å². The molecule has 0 atom stereocenters. The SMILES string of the molecule is COCCOC(=O)c1sc2ncn(CCCOc3ccc(C)cc3)c(=O)c2c1C. The number of fused-ring (bicyclic) bond motifs is 1. The number of aryl methyl sites for hydroxylation is 3. The van der Waals surface area contributed by atoms with Crippen LogP contribution in [0.4, 0.5) is 0 Å². The van der Waals surface area contributed by atoms with Crippen LogP contribution in [0.25, 0.3) is 10.2 Å². The maximum atomic E-state index is 12.9. The number of aromatic nitrogens is 2. The minimum atomic E-state index is -0.458. The van der Waals surface area contributed by atoms with Crippen molar-refractivity contribution < 1.29 is 19.0 Å². The molecule has 0 unspecified atom stereocenters. The molecule has 0 aliphatic heterocycles. The lowest BCUT2D eigenvalue weighted by molar-refractivity contribution is 0.0393. The fourth-order valence-electron chi connectivity index (χ4n) is 2.86. The van der Waals surface area contributed by atoms with E-state index in [9.17, 15) is 9.59 Å². The summed E-state index contributed by atoms with van der Waals surface area (Å²) in [6.45, 7) is 5.24. The molecule has 0 spiro atoms. The Balaban J connectivity index is 1.67. The van der Waals surface area contributed by atoms with Gasteiger partial charge in [0.15, 0.2) is 0 Å². The Bertz CT molecular complexity index is 1040. The van der Waals surface area contributed by atoms with Gasteiger partial charge in [-0.1, -0.05) is 17.7 Å². The van der Waals surface area contributed by atoms with Crippen molar-refractivity contribution >= 4 is 27.5 Å². The summed E-state index contributed by atoms with van der Waals surface area (Å²) in [5.74, 6) is 0.349. The number of thiophene rings is 1. The maximum absolute atomic E-state index is 12.9.